The molecule has 0 heterocycles. The smallest absolute Gasteiger partial charge is 0.134 e. The van der Waals surface area contributed by atoms with E-state index in [1.165, 1.54) is 0 Å². The summed E-state index contributed by atoms with van der Waals surface area (Å²) in [6, 6.07) is 15.8. The highest BCUT2D eigenvalue weighted by Crippen LogP contribution is 2.36. The number of rotatable bonds is 3. The van der Waals surface area contributed by atoms with Crippen molar-refractivity contribution < 1.29 is 9.47 Å². The molecule has 0 saturated carbocycles. The van der Waals surface area contributed by atoms with Gasteiger partial charge in [-0.15, -0.1) is 0 Å². The quantitative estimate of drug-likeness (QED) is 0.786. The van der Waals surface area contributed by atoms with Gasteiger partial charge in [-0.05, 0) is 23.6 Å². The molecular weight excluding hydrogens is 236 g/mol. The summed E-state index contributed by atoms with van der Waals surface area (Å²) in [6.07, 6.45) is 0. The molecule has 0 radical (unpaired) electrons. The molecule has 0 saturated heterocycles. The SMILES string of the molecule is COc1ccc(C(C)(C)C)c(Oc2ccccc2)c1. The highest BCUT2D eigenvalue weighted by molar-refractivity contribution is 5.46. The van der Waals surface area contributed by atoms with Gasteiger partial charge in [0, 0.05) is 11.6 Å². The van der Waals surface area contributed by atoms with Gasteiger partial charge in [-0.1, -0.05) is 45.0 Å². The van der Waals surface area contributed by atoms with Gasteiger partial charge in [-0.2, -0.15) is 0 Å². The van der Waals surface area contributed by atoms with Gasteiger partial charge in [0.2, 0.25) is 0 Å². The Bertz CT molecular complexity index is 539. The van der Waals surface area contributed by atoms with Crippen molar-refractivity contribution in [1.29, 1.82) is 0 Å². The van der Waals surface area contributed by atoms with E-state index in [9.17, 15) is 0 Å². The van der Waals surface area contributed by atoms with Gasteiger partial charge in [-0.25, -0.2) is 0 Å². The molecule has 2 heteroatoms. The van der Waals surface area contributed by atoms with Crippen LogP contribution in [0.4, 0.5) is 0 Å². The molecule has 0 bridgehead atoms. The predicted octanol–water partition coefficient (Wildman–Crippen LogP) is 4.79. The number of para-hydroxylation sites is 1. The van der Waals surface area contributed by atoms with Crippen LogP contribution in [0, 0.1) is 0 Å². The number of hydrogen-bond donors (Lipinski definition) is 0. The van der Waals surface area contributed by atoms with Gasteiger partial charge in [0.1, 0.15) is 17.2 Å². The van der Waals surface area contributed by atoms with Crippen molar-refractivity contribution in [3.8, 4) is 17.2 Å². The van der Waals surface area contributed by atoms with Gasteiger partial charge < -0.3 is 9.47 Å². The van der Waals surface area contributed by atoms with Gasteiger partial charge in [0.05, 0.1) is 7.11 Å². The lowest BCUT2D eigenvalue weighted by Gasteiger charge is -2.23. The zero-order valence-electron chi connectivity index (χ0n) is 11.9. The first-order valence-electron chi connectivity index (χ1n) is 6.42. The second-order valence-corrected chi connectivity index (χ2v) is 5.53. The Morgan fingerprint density at radius 3 is 2.11 bits per heavy atom. The lowest BCUT2D eigenvalue weighted by molar-refractivity contribution is 0.405. The molecule has 0 aliphatic carbocycles. The highest BCUT2D eigenvalue weighted by atomic mass is 16.5. The Kier molecular flexibility index (Phi) is 3.79. The molecule has 0 atom stereocenters. The lowest BCUT2D eigenvalue weighted by Crippen LogP contribution is -2.12. The summed E-state index contributed by atoms with van der Waals surface area (Å²) in [7, 11) is 1.67. The summed E-state index contributed by atoms with van der Waals surface area (Å²) in [5, 5.41) is 0. The van der Waals surface area contributed by atoms with E-state index in [0.717, 1.165) is 22.8 Å². The summed E-state index contributed by atoms with van der Waals surface area (Å²) >= 11 is 0. The Hall–Kier alpha value is -1.96. The molecule has 19 heavy (non-hydrogen) atoms. The number of ether oxygens (including phenoxy) is 2. The van der Waals surface area contributed by atoms with Crippen molar-refractivity contribution in [2.75, 3.05) is 7.11 Å². The van der Waals surface area contributed by atoms with E-state index in [4.69, 9.17) is 9.47 Å². The molecule has 2 aromatic rings. The topological polar surface area (TPSA) is 18.5 Å². The van der Waals surface area contributed by atoms with Gasteiger partial charge >= 0.3 is 0 Å². The molecule has 100 valence electrons. The van der Waals surface area contributed by atoms with Crippen molar-refractivity contribution >= 4 is 0 Å². The van der Waals surface area contributed by atoms with E-state index in [1.807, 2.05) is 42.5 Å². The average Bonchev–Trinajstić information content (AvgIpc) is 2.38. The molecular formula is C17H20O2. The first-order chi connectivity index (χ1) is 9.00. The fourth-order valence-electron chi connectivity index (χ4n) is 1.95. The largest absolute Gasteiger partial charge is 0.497 e. The molecule has 2 rings (SSSR count). The van der Waals surface area contributed by atoms with E-state index in [0.29, 0.717) is 0 Å². The molecule has 0 aliphatic rings. The van der Waals surface area contributed by atoms with Crippen LogP contribution in [0.15, 0.2) is 48.5 Å². The number of hydrogen-bond acceptors (Lipinski definition) is 2. The molecule has 2 aromatic carbocycles. The van der Waals surface area contributed by atoms with Crippen LogP contribution >= 0.6 is 0 Å². The molecule has 2 nitrogen and oxygen atoms in total. The summed E-state index contributed by atoms with van der Waals surface area (Å²) in [4.78, 5) is 0. The maximum Gasteiger partial charge on any atom is 0.134 e. The molecule has 0 aliphatic heterocycles. The fourth-order valence-corrected chi connectivity index (χ4v) is 1.95. The van der Waals surface area contributed by atoms with Gasteiger partial charge in [0.15, 0.2) is 0 Å². The second kappa shape index (κ2) is 5.35. The van der Waals surface area contributed by atoms with Crippen LogP contribution in [-0.4, -0.2) is 7.11 Å². The van der Waals surface area contributed by atoms with Crippen LogP contribution < -0.4 is 9.47 Å². The van der Waals surface area contributed by atoms with Crippen LogP contribution in [0.1, 0.15) is 26.3 Å². The van der Waals surface area contributed by atoms with E-state index in [-0.39, 0.29) is 5.41 Å². The maximum atomic E-state index is 6.00. The minimum atomic E-state index is 0.0242. The Balaban J connectivity index is 2.41. The normalized spacial score (nSPS) is 11.2. The monoisotopic (exact) mass is 256 g/mol. The zero-order valence-corrected chi connectivity index (χ0v) is 11.9. The lowest BCUT2D eigenvalue weighted by atomic mass is 9.86. The number of benzene rings is 2. The van der Waals surface area contributed by atoms with Crippen LogP contribution in [0.5, 0.6) is 17.2 Å². The fraction of sp³-hybridized carbons (Fsp3) is 0.294. The molecule has 0 aromatic heterocycles. The Labute approximate surface area is 115 Å². The molecule has 0 amide bonds. The number of methoxy groups -OCH3 is 1. The van der Waals surface area contributed by atoms with Crippen LogP contribution in [0.25, 0.3) is 0 Å². The zero-order chi connectivity index (χ0) is 13.9. The second-order valence-electron chi connectivity index (χ2n) is 5.53. The molecule has 0 unspecified atom stereocenters. The third kappa shape index (κ3) is 3.28. The van der Waals surface area contributed by atoms with Crippen molar-refractivity contribution in [3.63, 3.8) is 0 Å². The van der Waals surface area contributed by atoms with Crippen molar-refractivity contribution in [1.82, 2.24) is 0 Å². The average molecular weight is 256 g/mol. The van der Waals surface area contributed by atoms with Crippen molar-refractivity contribution in [2.24, 2.45) is 0 Å². The van der Waals surface area contributed by atoms with E-state index in [2.05, 4.69) is 26.8 Å². The first-order valence-corrected chi connectivity index (χ1v) is 6.42. The van der Waals surface area contributed by atoms with Crippen LogP contribution in [0.2, 0.25) is 0 Å². The van der Waals surface area contributed by atoms with Crippen LogP contribution in [-0.2, 0) is 5.41 Å². The van der Waals surface area contributed by atoms with Crippen LogP contribution in [0.3, 0.4) is 0 Å². The summed E-state index contributed by atoms with van der Waals surface area (Å²) in [5.74, 6) is 2.48. The van der Waals surface area contributed by atoms with E-state index in [1.54, 1.807) is 7.11 Å². The Morgan fingerprint density at radius 1 is 0.842 bits per heavy atom. The van der Waals surface area contributed by atoms with Gasteiger partial charge in [-0.3, -0.25) is 0 Å². The summed E-state index contributed by atoms with van der Waals surface area (Å²) in [5.41, 5.74) is 1.19. The van der Waals surface area contributed by atoms with Gasteiger partial charge in [0.25, 0.3) is 0 Å². The summed E-state index contributed by atoms with van der Waals surface area (Å²) < 4.78 is 11.3. The third-order valence-electron chi connectivity index (χ3n) is 2.97. The Morgan fingerprint density at radius 2 is 1.53 bits per heavy atom. The molecule has 0 N–H and O–H groups in total. The first kappa shape index (κ1) is 13.5. The van der Waals surface area contributed by atoms with Crippen molar-refractivity contribution in [2.45, 2.75) is 26.2 Å². The van der Waals surface area contributed by atoms with Crippen molar-refractivity contribution in [3.05, 3.63) is 54.1 Å². The minimum absolute atomic E-state index is 0.0242. The van der Waals surface area contributed by atoms with E-state index < -0.39 is 0 Å². The summed E-state index contributed by atoms with van der Waals surface area (Å²) in [6.45, 7) is 6.52. The highest BCUT2D eigenvalue weighted by Gasteiger charge is 2.20. The van der Waals surface area contributed by atoms with E-state index >= 15 is 0 Å². The molecule has 0 fully saturated rings. The minimum Gasteiger partial charge on any atom is -0.497 e. The standard InChI is InChI=1S/C17H20O2/c1-17(2,3)15-11-10-14(18-4)12-16(15)19-13-8-6-5-7-9-13/h5-12H,1-4H3. The third-order valence-corrected chi connectivity index (χ3v) is 2.97. The maximum absolute atomic E-state index is 6.00. The molecule has 0 spiro atoms. The predicted molar refractivity (Wildman–Crippen MR) is 78.2 cm³/mol.